The number of unbranched alkanes of at least 4 members (excludes halogenated alkanes) is 18. The van der Waals surface area contributed by atoms with E-state index in [9.17, 15) is 30.0 Å². The van der Waals surface area contributed by atoms with Crippen LogP contribution in [0.25, 0.3) is 0 Å². The van der Waals surface area contributed by atoms with Gasteiger partial charge in [-0.1, -0.05) is 129 Å². The zero-order valence-corrected chi connectivity index (χ0v) is 27.1. The normalized spacial score (nSPS) is 23.9. The lowest BCUT2D eigenvalue weighted by atomic mass is 9.99. The van der Waals surface area contributed by atoms with Crippen molar-refractivity contribution in [3.05, 3.63) is 0 Å². The quantitative estimate of drug-likeness (QED) is 0.0621. The van der Waals surface area contributed by atoms with Crippen LogP contribution in [0.5, 0.6) is 0 Å². The molecule has 9 heteroatoms. The molecule has 1 saturated heterocycles. The van der Waals surface area contributed by atoms with Crippen LogP contribution >= 0.6 is 0 Å². The van der Waals surface area contributed by atoms with Crippen LogP contribution in [0.1, 0.15) is 163 Å². The van der Waals surface area contributed by atoms with Crippen LogP contribution in [0.2, 0.25) is 0 Å². The van der Waals surface area contributed by atoms with Crippen molar-refractivity contribution in [2.45, 2.75) is 198 Å². The molecule has 0 aromatic rings. The lowest BCUT2D eigenvalue weighted by molar-refractivity contribution is -0.293. The lowest BCUT2D eigenvalue weighted by Crippen LogP contribution is -2.59. The second-order valence-corrected chi connectivity index (χ2v) is 12.2. The Morgan fingerprint density at radius 2 is 1.14 bits per heavy atom. The van der Waals surface area contributed by atoms with Gasteiger partial charge in [0.2, 0.25) is 6.29 Å². The molecule has 0 aliphatic carbocycles. The molecule has 2 unspecified atom stereocenters. The second-order valence-electron chi connectivity index (χ2n) is 12.2. The summed E-state index contributed by atoms with van der Waals surface area (Å²) in [5, 5.41) is 39.6. The van der Waals surface area contributed by atoms with Gasteiger partial charge in [0.25, 0.3) is 0 Å². The van der Waals surface area contributed by atoms with E-state index in [0.29, 0.717) is 19.3 Å². The summed E-state index contributed by atoms with van der Waals surface area (Å²) in [6.45, 7) is 3.75. The van der Waals surface area contributed by atoms with E-state index >= 15 is 0 Å². The van der Waals surface area contributed by atoms with Crippen molar-refractivity contribution in [3.63, 3.8) is 0 Å². The van der Waals surface area contributed by atoms with Crippen molar-refractivity contribution in [2.75, 3.05) is 6.61 Å². The molecule has 1 rings (SSSR count). The van der Waals surface area contributed by atoms with Crippen LogP contribution in [0.3, 0.4) is 0 Å². The number of carbonyl (C=O) groups is 2. The fourth-order valence-corrected chi connectivity index (χ4v) is 5.46. The summed E-state index contributed by atoms with van der Waals surface area (Å²) in [6, 6.07) is 0. The van der Waals surface area contributed by atoms with E-state index in [4.69, 9.17) is 15.6 Å². The number of aliphatic hydroxyl groups is 4. The molecule has 0 saturated carbocycles. The van der Waals surface area contributed by atoms with E-state index in [1.54, 1.807) is 0 Å². The summed E-state index contributed by atoms with van der Waals surface area (Å²) >= 11 is 0. The van der Waals surface area contributed by atoms with E-state index in [-0.39, 0.29) is 6.42 Å². The Hall–Kier alpha value is -1.26. The fourth-order valence-electron chi connectivity index (χ4n) is 5.46. The van der Waals surface area contributed by atoms with Crippen LogP contribution in [0, 0.1) is 0 Å². The SMILES string of the molecule is [2H]C(C(=O)OC1O[C@H](CO)[C@@H](O)[C@H](O)[C@H]1O)[C@@H](CCCCCCCCCCC)OC(=O)CCCCCCCCCCCCC. The van der Waals surface area contributed by atoms with Crippen molar-refractivity contribution < 1.29 is 45.6 Å². The van der Waals surface area contributed by atoms with Gasteiger partial charge in [-0.15, -0.1) is 0 Å². The monoisotopic (exact) mass is 617 g/mol. The summed E-state index contributed by atoms with van der Waals surface area (Å²) < 4.78 is 24.6. The Kier molecular flexibility index (Phi) is 22.9. The van der Waals surface area contributed by atoms with Gasteiger partial charge in [0.1, 0.15) is 30.5 Å². The molecule has 0 amide bonds. The molecule has 1 heterocycles. The zero-order valence-electron chi connectivity index (χ0n) is 28.1. The summed E-state index contributed by atoms with van der Waals surface area (Å²) in [4.78, 5) is 25.6. The highest BCUT2D eigenvalue weighted by Crippen LogP contribution is 2.23. The minimum atomic E-state index is -1.76. The zero-order chi connectivity index (χ0) is 32.6. The number of carbonyl (C=O) groups excluding carboxylic acids is 2. The van der Waals surface area contributed by atoms with Crippen molar-refractivity contribution in [2.24, 2.45) is 0 Å². The van der Waals surface area contributed by atoms with Crippen molar-refractivity contribution in [3.8, 4) is 0 Å². The van der Waals surface area contributed by atoms with Crippen LogP contribution in [-0.2, 0) is 23.8 Å². The molecule has 1 fully saturated rings. The summed E-state index contributed by atoms with van der Waals surface area (Å²) in [5.74, 6) is -1.52. The van der Waals surface area contributed by atoms with E-state index in [0.717, 1.165) is 38.5 Å². The van der Waals surface area contributed by atoms with Gasteiger partial charge in [-0.3, -0.25) is 9.59 Å². The second kappa shape index (κ2) is 26.0. The molecule has 4 N–H and O–H groups in total. The molecule has 0 spiro atoms. The molecule has 0 aromatic heterocycles. The van der Waals surface area contributed by atoms with Gasteiger partial charge in [-0.05, 0) is 19.3 Å². The molecular weight excluding hydrogens is 552 g/mol. The molecular formula is C34H64O9. The molecule has 7 atom stereocenters. The van der Waals surface area contributed by atoms with Crippen molar-refractivity contribution >= 4 is 11.9 Å². The fraction of sp³-hybridized carbons (Fsp3) is 0.941. The first-order chi connectivity index (χ1) is 21.3. The highest BCUT2D eigenvalue weighted by atomic mass is 16.7. The van der Waals surface area contributed by atoms with E-state index in [2.05, 4.69) is 13.8 Å². The third-order valence-corrected chi connectivity index (χ3v) is 8.26. The first-order valence-electron chi connectivity index (χ1n) is 18.0. The first-order valence-corrected chi connectivity index (χ1v) is 17.4. The van der Waals surface area contributed by atoms with Gasteiger partial charge in [0.15, 0.2) is 0 Å². The number of ether oxygens (including phenoxy) is 3. The predicted molar refractivity (Wildman–Crippen MR) is 167 cm³/mol. The van der Waals surface area contributed by atoms with Crippen molar-refractivity contribution in [1.29, 1.82) is 0 Å². The Balaban J connectivity index is 2.54. The Labute approximate surface area is 262 Å². The number of hydrogen-bond donors (Lipinski definition) is 4. The highest BCUT2D eigenvalue weighted by Gasteiger charge is 2.45. The molecule has 0 radical (unpaired) electrons. The van der Waals surface area contributed by atoms with Gasteiger partial charge in [-0.25, -0.2) is 0 Å². The largest absolute Gasteiger partial charge is 0.462 e. The summed E-state index contributed by atoms with van der Waals surface area (Å²) in [7, 11) is 0. The van der Waals surface area contributed by atoms with Crippen LogP contribution in [-0.4, -0.2) is 75.8 Å². The molecule has 0 bridgehead atoms. The van der Waals surface area contributed by atoms with Crippen molar-refractivity contribution in [1.82, 2.24) is 0 Å². The number of hydrogen-bond acceptors (Lipinski definition) is 9. The number of rotatable bonds is 27. The first kappa shape index (κ1) is 37.9. The maximum Gasteiger partial charge on any atom is 0.311 e. The lowest BCUT2D eigenvalue weighted by Gasteiger charge is -2.39. The predicted octanol–water partition coefficient (Wildman–Crippen LogP) is 6.25. The molecule has 9 nitrogen and oxygen atoms in total. The van der Waals surface area contributed by atoms with Crippen LogP contribution < -0.4 is 0 Å². The van der Waals surface area contributed by atoms with E-state index < -0.39 is 61.8 Å². The summed E-state index contributed by atoms with van der Waals surface area (Å²) in [6.07, 6.45) is 12.7. The maximum atomic E-state index is 12.9. The van der Waals surface area contributed by atoms with E-state index in [1.165, 1.54) is 77.0 Å². The van der Waals surface area contributed by atoms with Crippen LogP contribution in [0.15, 0.2) is 0 Å². The maximum absolute atomic E-state index is 12.9. The minimum Gasteiger partial charge on any atom is -0.462 e. The van der Waals surface area contributed by atoms with Gasteiger partial charge in [0.05, 0.1) is 13.0 Å². The standard InChI is InChI=1S/C34H64O9/c1-3-5-7-9-11-13-14-16-18-20-22-24-29(36)41-27(23-21-19-17-15-12-10-8-6-4-2)25-30(37)43-34-33(40)32(39)31(38)28(26-35)42-34/h27-28,31-35,38-40H,3-26H2,1-2H3/t27-,28-,31-,32+,33-,34?/m1/s1/i25D/t25?,27-,28-,31-,32+,33-,34?. The molecule has 1 aliphatic heterocycles. The van der Waals surface area contributed by atoms with Gasteiger partial charge in [0, 0.05) is 7.79 Å². The minimum absolute atomic E-state index is 0.222. The average Bonchev–Trinajstić information content (AvgIpc) is 3.02. The average molecular weight is 618 g/mol. The number of esters is 2. The van der Waals surface area contributed by atoms with Gasteiger partial charge < -0.3 is 34.6 Å². The number of aliphatic hydroxyl groups excluding tert-OH is 4. The Morgan fingerprint density at radius 1 is 0.674 bits per heavy atom. The molecule has 1 aliphatic rings. The smallest absolute Gasteiger partial charge is 0.311 e. The van der Waals surface area contributed by atoms with Gasteiger partial charge >= 0.3 is 11.9 Å². The molecule has 254 valence electrons. The Bertz CT molecular complexity index is 723. The molecule has 0 aromatic carbocycles. The third kappa shape index (κ3) is 19.0. The summed E-state index contributed by atoms with van der Waals surface area (Å²) in [5.41, 5.74) is 0. The topological polar surface area (TPSA) is 143 Å². The molecule has 43 heavy (non-hydrogen) atoms. The van der Waals surface area contributed by atoms with E-state index in [1.807, 2.05) is 0 Å². The third-order valence-electron chi connectivity index (χ3n) is 8.26. The van der Waals surface area contributed by atoms with Crippen LogP contribution in [0.4, 0.5) is 0 Å². The van der Waals surface area contributed by atoms with Gasteiger partial charge in [-0.2, -0.15) is 0 Å². The Morgan fingerprint density at radius 3 is 1.63 bits per heavy atom. The highest BCUT2D eigenvalue weighted by molar-refractivity contribution is 5.72.